The quantitative estimate of drug-likeness (QED) is 0.863. The van der Waals surface area contributed by atoms with Crippen LogP contribution in [0.15, 0.2) is 34.9 Å². The van der Waals surface area contributed by atoms with Crippen LogP contribution in [0.25, 0.3) is 0 Å². The first-order chi connectivity index (χ1) is 11.2. The van der Waals surface area contributed by atoms with Crippen molar-refractivity contribution in [2.75, 3.05) is 22.4 Å². The van der Waals surface area contributed by atoms with Crippen molar-refractivity contribution in [2.24, 2.45) is 0 Å². The number of aromatic nitrogens is 1. The fraction of sp³-hybridized carbons (Fsp3) is 0.375. The number of anilines is 2. The highest BCUT2D eigenvalue weighted by molar-refractivity contribution is 7.92. The van der Waals surface area contributed by atoms with E-state index in [4.69, 9.17) is 4.52 Å². The maximum Gasteiger partial charge on any atom is 0.245 e. The molecule has 0 unspecified atom stereocenters. The lowest BCUT2D eigenvalue weighted by atomic mass is 10.0. The number of hydrogen-bond acceptors (Lipinski definition) is 5. The lowest BCUT2D eigenvalue weighted by Crippen LogP contribution is -2.37. The first-order valence-corrected chi connectivity index (χ1v) is 9.33. The Morgan fingerprint density at radius 1 is 1.33 bits per heavy atom. The van der Waals surface area contributed by atoms with Gasteiger partial charge in [-0.15, -0.1) is 0 Å². The van der Waals surface area contributed by atoms with Gasteiger partial charge < -0.3 is 9.84 Å². The maximum absolute atomic E-state index is 12.3. The van der Waals surface area contributed by atoms with Crippen LogP contribution in [-0.4, -0.2) is 32.3 Å². The second kappa shape index (κ2) is 7.04. The van der Waals surface area contributed by atoms with Crippen molar-refractivity contribution in [1.82, 2.24) is 5.16 Å². The van der Waals surface area contributed by atoms with Gasteiger partial charge >= 0.3 is 0 Å². The summed E-state index contributed by atoms with van der Waals surface area (Å²) in [6, 6.07) is 8.90. The van der Waals surface area contributed by atoms with Crippen LogP contribution in [0.4, 0.5) is 11.5 Å². The van der Waals surface area contributed by atoms with Crippen LogP contribution in [-0.2, 0) is 14.8 Å². The van der Waals surface area contributed by atoms with Crippen molar-refractivity contribution in [1.29, 1.82) is 0 Å². The molecule has 24 heavy (non-hydrogen) atoms. The number of aryl methyl sites for hydroxylation is 1. The number of benzene rings is 1. The van der Waals surface area contributed by atoms with E-state index in [9.17, 15) is 13.2 Å². The van der Waals surface area contributed by atoms with E-state index < -0.39 is 15.9 Å². The highest BCUT2D eigenvalue weighted by atomic mass is 32.2. The summed E-state index contributed by atoms with van der Waals surface area (Å²) in [5.41, 5.74) is 1.65. The third kappa shape index (κ3) is 4.35. The summed E-state index contributed by atoms with van der Waals surface area (Å²) in [5.74, 6) is 0.325. The highest BCUT2D eigenvalue weighted by Crippen LogP contribution is 2.24. The minimum Gasteiger partial charge on any atom is -0.360 e. The van der Waals surface area contributed by atoms with Gasteiger partial charge in [-0.2, -0.15) is 0 Å². The van der Waals surface area contributed by atoms with Gasteiger partial charge in [0.2, 0.25) is 15.9 Å². The number of hydrogen-bond donors (Lipinski definition) is 1. The molecule has 1 aromatic carbocycles. The molecular weight excluding hydrogens is 330 g/mol. The molecule has 1 heterocycles. The van der Waals surface area contributed by atoms with Gasteiger partial charge in [0.25, 0.3) is 0 Å². The topological polar surface area (TPSA) is 92.5 Å². The van der Waals surface area contributed by atoms with E-state index in [2.05, 4.69) is 10.5 Å². The van der Waals surface area contributed by atoms with Crippen LogP contribution in [0.3, 0.4) is 0 Å². The van der Waals surface area contributed by atoms with E-state index in [-0.39, 0.29) is 18.3 Å². The van der Waals surface area contributed by atoms with Crippen LogP contribution in [0, 0.1) is 6.92 Å². The van der Waals surface area contributed by atoms with E-state index >= 15 is 0 Å². The molecule has 130 valence electrons. The van der Waals surface area contributed by atoms with Crippen LogP contribution < -0.4 is 9.62 Å². The molecule has 1 aromatic heterocycles. The van der Waals surface area contributed by atoms with E-state index in [1.807, 2.05) is 32.0 Å². The lowest BCUT2D eigenvalue weighted by Gasteiger charge is -2.19. The third-order valence-corrected chi connectivity index (χ3v) is 4.53. The van der Waals surface area contributed by atoms with Gasteiger partial charge in [0.1, 0.15) is 12.3 Å². The summed E-state index contributed by atoms with van der Waals surface area (Å²) in [7, 11) is -3.67. The van der Waals surface area contributed by atoms with Gasteiger partial charge in [-0.25, -0.2) is 12.7 Å². The Kier molecular flexibility index (Phi) is 5.28. The Balaban J connectivity index is 2.21. The molecule has 0 aliphatic rings. The molecular formula is C16H21N3O4S. The summed E-state index contributed by atoms with van der Waals surface area (Å²) >= 11 is 0. The molecule has 7 nitrogen and oxygen atoms in total. The normalized spacial score (nSPS) is 11.5. The molecule has 1 N–H and O–H groups in total. The van der Waals surface area contributed by atoms with Crippen molar-refractivity contribution in [3.63, 3.8) is 0 Å². The summed E-state index contributed by atoms with van der Waals surface area (Å²) in [6.07, 6.45) is 1.02. The predicted octanol–water partition coefficient (Wildman–Crippen LogP) is 2.51. The lowest BCUT2D eigenvalue weighted by molar-refractivity contribution is -0.114. The van der Waals surface area contributed by atoms with Crippen LogP contribution in [0.5, 0.6) is 0 Å². The van der Waals surface area contributed by atoms with Crippen LogP contribution in [0.2, 0.25) is 0 Å². The number of amides is 1. The summed E-state index contributed by atoms with van der Waals surface area (Å²) in [5, 5.41) is 6.45. The number of carbonyl (C=O) groups excluding carboxylic acids is 1. The Morgan fingerprint density at radius 2 is 2.00 bits per heavy atom. The summed E-state index contributed by atoms with van der Waals surface area (Å²) in [6.45, 7) is 5.31. The van der Waals surface area contributed by atoms with E-state index in [0.717, 1.165) is 16.1 Å². The first-order valence-electron chi connectivity index (χ1n) is 7.48. The van der Waals surface area contributed by atoms with Crippen molar-refractivity contribution in [3.8, 4) is 0 Å². The number of rotatable bonds is 6. The monoisotopic (exact) mass is 351 g/mol. The molecule has 1 amide bonds. The molecule has 0 fully saturated rings. The molecule has 8 heteroatoms. The Hall–Kier alpha value is -2.35. The van der Waals surface area contributed by atoms with Gasteiger partial charge in [0, 0.05) is 11.8 Å². The molecule has 0 aliphatic heterocycles. The zero-order chi connectivity index (χ0) is 17.9. The van der Waals surface area contributed by atoms with Crippen molar-refractivity contribution in [3.05, 3.63) is 41.7 Å². The Morgan fingerprint density at radius 3 is 2.54 bits per heavy atom. The van der Waals surface area contributed by atoms with Crippen LogP contribution in [0.1, 0.15) is 31.1 Å². The molecule has 0 saturated heterocycles. The average Bonchev–Trinajstić information content (AvgIpc) is 2.90. The molecule has 0 saturated carbocycles. The second-order valence-electron chi connectivity index (χ2n) is 5.86. The summed E-state index contributed by atoms with van der Waals surface area (Å²) in [4.78, 5) is 12.3. The largest absolute Gasteiger partial charge is 0.360 e. The van der Waals surface area contributed by atoms with Gasteiger partial charge in [-0.05, 0) is 24.5 Å². The van der Waals surface area contributed by atoms with Gasteiger partial charge in [-0.1, -0.05) is 37.2 Å². The number of para-hydroxylation sites is 1. The standard InChI is InChI=1S/C16H21N3O4S/c1-11(2)13-7-5-6-8-14(13)17-16(20)10-19(24(4,21)22)15-9-12(3)23-18-15/h5-9,11H,10H2,1-4H3,(H,17,20). The second-order valence-corrected chi connectivity index (χ2v) is 7.76. The van der Waals surface area contributed by atoms with Gasteiger partial charge in [0.15, 0.2) is 5.82 Å². The number of nitrogens with zero attached hydrogens (tertiary/aromatic N) is 2. The van der Waals surface area contributed by atoms with E-state index in [1.165, 1.54) is 6.07 Å². The predicted molar refractivity (Wildman–Crippen MR) is 92.6 cm³/mol. The third-order valence-electron chi connectivity index (χ3n) is 3.42. The Bertz CT molecular complexity index is 827. The zero-order valence-corrected chi connectivity index (χ0v) is 14.9. The summed E-state index contributed by atoms with van der Waals surface area (Å²) < 4.78 is 29.8. The van der Waals surface area contributed by atoms with Crippen molar-refractivity contribution >= 4 is 27.4 Å². The molecule has 2 aromatic rings. The smallest absolute Gasteiger partial charge is 0.245 e. The molecule has 0 aliphatic carbocycles. The number of carbonyl (C=O) groups is 1. The zero-order valence-electron chi connectivity index (χ0n) is 14.1. The van der Waals surface area contributed by atoms with Gasteiger partial charge in [-0.3, -0.25) is 4.79 Å². The Labute approximate surface area is 141 Å². The van der Waals surface area contributed by atoms with E-state index in [0.29, 0.717) is 11.4 Å². The maximum atomic E-state index is 12.3. The molecule has 0 bridgehead atoms. The highest BCUT2D eigenvalue weighted by Gasteiger charge is 2.24. The SMILES string of the molecule is Cc1cc(N(CC(=O)Nc2ccccc2C(C)C)S(C)(=O)=O)no1. The minimum absolute atomic E-state index is 0.0855. The van der Waals surface area contributed by atoms with E-state index in [1.54, 1.807) is 13.0 Å². The van der Waals surface area contributed by atoms with Crippen LogP contribution >= 0.6 is 0 Å². The molecule has 0 radical (unpaired) electrons. The number of nitrogens with one attached hydrogen (secondary N) is 1. The first kappa shape index (κ1) is 18.0. The number of sulfonamides is 1. The molecule has 0 atom stereocenters. The molecule has 2 rings (SSSR count). The minimum atomic E-state index is -3.67. The van der Waals surface area contributed by atoms with Gasteiger partial charge in [0.05, 0.1) is 6.26 Å². The fourth-order valence-electron chi connectivity index (χ4n) is 2.27. The molecule has 0 spiro atoms. The van der Waals surface area contributed by atoms with Crippen molar-refractivity contribution in [2.45, 2.75) is 26.7 Å². The average molecular weight is 351 g/mol. The fourth-order valence-corrected chi connectivity index (χ4v) is 3.05. The van der Waals surface area contributed by atoms with Crippen molar-refractivity contribution < 1.29 is 17.7 Å².